The number of nitrogens with one attached hydrogen (secondary N) is 1. The molecule has 0 aliphatic rings. The lowest BCUT2D eigenvalue weighted by molar-refractivity contribution is -0.118. The van der Waals surface area contributed by atoms with E-state index >= 15 is 0 Å². The fraction of sp³-hybridized carbons (Fsp3) is 0.0909. The Labute approximate surface area is 108 Å². The maximum atomic E-state index is 11.9. The van der Waals surface area contributed by atoms with Gasteiger partial charge in [0.25, 0.3) is 5.91 Å². The summed E-state index contributed by atoms with van der Waals surface area (Å²) in [6.45, 7) is -0.0540. The first-order chi connectivity index (χ1) is 9.06. The average Bonchev–Trinajstić information content (AvgIpc) is 2.76. The van der Waals surface area contributed by atoms with Gasteiger partial charge in [-0.3, -0.25) is 14.3 Å². The van der Waals surface area contributed by atoms with Gasteiger partial charge >= 0.3 is 0 Å². The van der Waals surface area contributed by atoms with Crippen LogP contribution in [0.5, 0.6) is 0 Å². The molecule has 0 fully saturated rings. The minimum absolute atomic E-state index is 0.0540. The molecular weight excluding hydrogens is 248 g/mol. The van der Waals surface area contributed by atoms with Crippen LogP contribution >= 0.6 is 0 Å². The van der Waals surface area contributed by atoms with E-state index in [0.717, 1.165) is 0 Å². The highest BCUT2D eigenvalue weighted by Gasteiger charge is 2.12. The molecule has 0 radical (unpaired) electrons. The minimum atomic E-state index is -0.519. The zero-order chi connectivity index (χ0) is 13.8. The Morgan fingerprint density at radius 2 is 2.21 bits per heavy atom. The van der Waals surface area contributed by atoms with E-state index in [1.54, 1.807) is 12.1 Å². The summed E-state index contributed by atoms with van der Waals surface area (Å²) >= 11 is 0. The Bertz CT molecular complexity index is 621. The van der Waals surface area contributed by atoms with Crippen LogP contribution in [0, 0.1) is 0 Å². The molecule has 0 saturated carbocycles. The van der Waals surface area contributed by atoms with Gasteiger partial charge in [-0.2, -0.15) is 5.10 Å². The molecule has 0 bridgehead atoms. The SMILES string of the molecule is NC(=O)Cn1cc(NC(=O)c2ncccc2N)cn1. The Hall–Kier alpha value is -2.90. The quantitative estimate of drug-likeness (QED) is 0.688. The van der Waals surface area contributed by atoms with Crippen molar-refractivity contribution in [1.82, 2.24) is 14.8 Å². The van der Waals surface area contributed by atoms with Crippen molar-refractivity contribution in [2.24, 2.45) is 5.73 Å². The van der Waals surface area contributed by atoms with Gasteiger partial charge in [0, 0.05) is 12.4 Å². The normalized spacial score (nSPS) is 10.1. The van der Waals surface area contributed by atoms with Gasteiger partial charge in [0.2, 0.25) is 5.91 Å². The van der Waals surface area contributed by atoms with E-state index in [2.05, 4.69) is 15.4 Å². The maximum Gasteiger partial charge on any atom is 0.276 e. The van der Waals surface area contributed by atoms with Crippen molar-refractivity contribution in [1.29, 1.82) is 0 Å². The number of primary amides is 1. The predicted octanol–water partition coefficient (Wildman–Crippen LogP) is -0.402. The molecule has 0 saturated heterocycles. The highest BCUT2D eigenvalue weighted by molar-refractivity contribution is 6.06. The molecule has 2 aromatic heterocycles. The lowest BCUT2D eigenvalue weighted by atomic mass is 10.3. The van der Waals surface area contributed by atoms with Crippen molar-refractivity contribution in [3.8, 4) is 0 Å². The van der Waals surface area contributed by atoms with Gasteiger partial charge in [-0.15, -0.1) is 0 Å². The van der Waals surface area contributed by atoms with Gasteiger partial charge in [0.05, 0.1) is 17.6 Å². The van der Waals surface area contributed by atoms with Crippen LogP contribution in [0.2, 0.25) is 0 Å². The largest absolute Gasteiger partial charge is 0.397 e. The summed E-state index contributed by atoms with van der Waals surface area (Å²) in [4.78, 5) is 26.5. The van der Waals surface area contributed by atoms with Crippen molar-refractivity contribution < 1.29 is 9.59 Å². The number of aromatic nitrogens is 3. The number of carbonyl (C=O) groups is 2. The molecule has 2 rings (SSSR count). The van der Waals surface area contributed by atoms with Gasteiger partial charge in [-0.25, -0.2) is 4.98 Å². The van der Waals surface area contributed by atoms with E-state index in [-0.39, 0.29) is 17.9 Å². The highest BCUT2D eigenvalue weighted by Crippen LogP contribution is 2.11. The maximum absolute atomic E-state index is 11.9. The van der Waals surface area contributed by atoms with Crippen molar-refractivity contribution in [3.63, 3.8) is 0 Å². The zero-order valence-electron chi connectivity index (χ0n) is 9.91. The number of nitrogen functional groups attached to an aromatic ring is 1. The topological polar surface area (TPSA) is 129 Å². The van der Waals surface area contributed by atoms with Crippen molar-refractivity contribution in [2.75, 3.05) is 11.1 Å². The summed E-state index contributed by atoms with van der Waals surface area (Å²) < 4.78 is 1.32. The third kappa shape index (κ3) is 3.06. The molecule has 2 aromatic rings. The molecule has 0 atom stereocenters. The second kappa shape index (κ2) is 5.17. The number of hydrogen-bond donors (Lipinski definition) is 3. The number of nitrogens with two attached hydrogens (primary N) is 2. The summed E-state index contributed by atoms with van der Waals surface area (Å²) in [6.07, 6.45) is 4.36. The van der Waals surface area contributed by atoms with E-state index in [9.17, 15) is 9.59 Å². The number of carbonyl (C=O) groups excluding carboxylic acids is 2. The fourth-order valence-corrected chi connectivity index (χ4v) is 1.47. The second-order valence-electron chi connectivity index (χ2n) is 3.79. The molecule has 0 aliphatic carbocycles. The molecule has 19 heavy (non-hydrogen) atoms. The fourth-order valence-electron chi connectivity index (χ4n) is 1.47. The summed E-state index contributed by atoms with van der Waals surface area (Å²) in [5, 5.41) is 6.45. The number of pyridine rings is 1. The Morgan fingerprint density at radius 1 is 1.42 bits per heavy atom. The van der Waals surface area contributed by atoms with E-state index in [4.69, 9.17) is 11.5 Å². The van der Waals surface area contributed by atoms with Gasteiger partial charge in [0.1, 0.15) is 6.54 Å². The Balaban J connectivity index is 2.09. The summed E-state index contributed by atoms with van der Waals surface area (Å²) in [5.74, 6) is -0.966. The molecule has 0 aliphatic heterocycles. The molecule has 0 aromatic carbocycles. The second-order valence-corrected chi connectivity index (χ2v) is 3.79. The van der Waals surface area contributed by atoms with Crippen LogP contribution in [-0.4, -0.2) is 26.6 Å². The highest BCUT2D eigenvalue weighted by atomic mass is 16.2. The molecular formula is C11H12N6O2. The van der Waals surface area contributed by atoms with E-state index < -0.39 is 11.8 Å². The molecule has 5 N–H and O–H groups in total. The van der Waals surface area contributed by atoms with Gasteiger partial charge in [0.15, 0.2) is 5.69 Å². The first-order valence-electron chi connectivity index (χ1n) is 5.39. The number of anilines is 2. The summed E-state index contributed by atoms with van der Waals surface area (Å²) in [6, 6.07) is 3.22. The molecule has 0 spiro atoms. The van der Waals surface area contributed by atoms with Crippen LogP contribution in [-0.2, 0) is 11.3 Å². The third-order valence-corrected chi connectivity index (χ3v) is 2.26. The van der Waals surface area contributed by atoms with Gasteiger partial charge in [-0.05, 0) is 12.1 Å². The van der Waals surface area contributed by atoms with E-state index in [1.807, 2.05) is 0 Å². The van der Waals surface area contributed by atoms with Crippen molar-refractivity contribution in [2.45, 2.75) is 6.54 Å². The Kier molecular flexibility index (Phi) is 3.42. The average molecular weight is 260 g/mol. The Morgan fingerprint density at radius 3 is 2.89 bits per heavy atom. The van der Waals surface area contributed by atoms with Crippen LogP contribution in [0.3, 0.4) is 0 Å². The lowest BCUT2D eigenvalue weighted by Gasteiger charge is -2.03. The number of amides is 2. The van der Waals surface area contributed by atoms with Crippen molar-refractivity contribution in [3.05, 3.63) is 36.4 Å². The van der Waals surface area contributed by atoms with Crippen LogP contribution in [0.1, 0.15) is 10.5 Å². The first kappa shape index (κ1) is 12.6. The molecule has 2 heterocycles. The minimum Gasteiger partial charge on any atom is -0.397 e. The molecule has 2 amide bonds. The monoisotopic (exact) mass is 260 g/mol. The number of hydrogen-bond acceptors (Lipinski definition) is 5. The summed E-state index contributed by atoms with van der Waals surface area (Å²) in [7, 11) is 0. The van der Waals surface area contributed by atoms with Gasteiger partial charge in [-0.1, -0.05) is 0 Å². The first-order valence-corrected chi connectivity index (χ1v) is 5.39. The lowest BCUT2D eigenvalue weighted by Crippen LogP contribution is -2.19. The van der Waals surface area contributed by atoms with Crippen LogP contribution in [0.4, 0.5) is 11.4 Å². The van der Waals surface area contributed by atoms with E-state index in [1.165, 1.54) is 23.3 Å². The third-order valence-electron chi connectivity index (χ3n) is 2.26. The molecule has 8 heteroatoms. The molecule has 0 unspecified atom stereocenters. The molecule has 98 valence electrons. The standard InChI is InChI=1S/C11H12N6O2/c12-8-2-1-3-14-10(8)11(19)16-7-4-15-17(5-7)6-9(13)18/h1-5H,6,12H2,(H2,13,18)(H,16,19). The smallest absolute Gasteiger partial charge is 0.276 e. The number of rotatable bonds is 4. The number of nitrogens with zero attached hydrogens (tertiary/aromatic N) is 3. The van der Waals surface area contributed by atoms with Crippen LogP contribution in [0.25, 0.3) is 0 Å². The molecule has 8 nitrogen and oxygen atoms in total. The van der Waals surface area contributed by atoms with Crippen LogP contribution in [0.15, 0.2) is 30.7 Å². The van der Waals surface area contributed by atoms with Gasteiger partial charge < -0.3 is 16.8 Å². The summed E-state index contributed by atoms with van der Waals surface area (Å²) in [5.41, 5.74) is 11.5. The predicted molar refractivity (Wildman–Crippen MR) is 68.0 cm³/mol. The van der Waals surface area contributed by atoms with Crippen molar-refractivity contribution >= 4 is 23.2 Å². The van der Waals surface area contributed by atoms with E-state index in [0.29, 0.717) is 5.69 Å². The zero-order valence-corrected chi connectivity index (χ0v) is 9.91. The van der Waals surface area contributed by atoms with Crippen LogP contribution < -0.4 is 16.8 Å².